The highest BCUT2D eigenvalue weighted by Gasteiger charge is 2.13. The molecule has 3 aromatic rings. The van der Waals surface area contributed by atoms with Crippen molar-refractivity contribution >= 4 is 22.6 Å². The summed E-state index contributed by atoms with van der Waals surface area (Å²) in [5.74, 6) is -0.106. The Morgan fingerprint density at radius 1 is 1.31 bits per heavy atom. The lowest BCUT2D eigenvalue weighted by Gasteiger charge is -2.06. The first kappa shape index (κ1) is 17.5. The van der Waals surface area contributed by atoms with Crippen LogP contribution < -0.4 is 11.0 Å². The van der Waals surface area contributed by atoms with E-state index < -0.39 is 0 Å². The number of H-pyrrole nitrogens is 2. The van der Waals surface area contributed by atoms with Crippen LogP contribution in [0.5, 0.6) is 0 Å². The molecule has 3 N–H and O–H groups in total. The number of hydrogen-bond acceptors (Lipinski definition) is 4. The van der Waals surface area contributed by atoms with Gasteiger partial charge >= 0.3 is 5.69 Å². The summed E-state index contributed by atoms with van der Waals surface area (Å²) in [4.78, 5) is 28.9. The van der Waals surface area contributed by atoms with Gasteiger partial charge < -0.3 is 15.3 Å². The molecule has 0 aliphatic heterocycles. The highest BCUT2D eigenvalue weighted by atomic mass is 16.1. The summed E-state index contributed by atoms with van der Waals surface area (Å²) in [7, 11) is 0. The van der Waals surface area contributed by atoms with E-state index in [4.69, 9.17) is 5.26 Å². The van der Waals surface area contributed by atoms with Gasteiger partial charge in [0.15, 0.2) is 0 Å². The Bertz CT molecular complexity index is 1050. The average molecular weight is 352 g/mol. The van der Waals surface area contributed by atoms with E-state index >= 15 is 0 Å². The van der Waals surface area contributed by atoms with Crippen LogP contribution in [0.15, 0.2) is 23.0 Å². The van der Waals surface area contributed by atoms with Crippen LogP contribution in [0.3, 0.4) is 0 Å². The number of imidazole rings is 1. The summed E-state index contributed by atoms with van der Waals surface area (Å²) < 4.78 is 1.82. The zero-order chi connectivity index (χ0) is 18.7. The SMILES string of the molecule is Cc1nn(CCC#N)c(C)c1CCC(=O)Nc1ccc2[nH]c(=O)[nH]c2c1. The number of carbonyl (C=O) groups is 1. The van der Waals surface area contributed by atoms with Gasteiger partial charge in [-0.25, -0.2) is 4.79 Å². The highest BCUT2D eigenvalue weighted by molar-refractivity contribution is 5.93. The van der Waals surface area contributed by atoms with E-state index in [1.165, 1.54) is 0 Å². The minimum absolute atomic E-state index is 0.106. The van der Waals surface area contributed by atoms with Gasteiger partial charge in [0.2, 0.25) is 5.91 Å². The number of nitrogens with zero attached hydrogens (tertiary/aromatic N) is 3. The average Bonchev–Trinajstić information content (AvgIpc) is 3.09. The van der Waals surface area contributed by atoms with Crippen molar-refractivity contribution in [2.45, 2.75) is 39.7 Å². The number of anilines is 1. The Morgan fingerprint density at radius 2 is 2.08 bits per heavy atom. The minimum Gasteiger partial charge on any atom is -0.326 e. The van der Waals surface area contributed by atoms with Crippen molar-refractivity contribution in [3.8, 4) is 6.07 Å². The minimum atomic E-state index is -0.275. The maximum atomic E-state index is 12.3. The van der Waals surface area contributed by atoms with Crippen molar-refractivity contribution in [1.29, 1.82) is 5.26 Å². The van der Waals surface area contributed by atoms with Gasteiger partial charge in [0.1, 0.15) is 0 Å². The third-order valence-corrected chi connectivity index (χ3v) is 4.37. The second-order valence-electron chi connectivity index (χ2n) is 6.17. The highest BCUT2D eigenvalue weighted by Crippen LogP contribution is 2.17. The van der Waals surface area contributed by atoms with E-state index in [-0.39, 0.29) is 11.6 Å². The topological polar surface area (TPSA) is 119 Å². The van der Waals surface area contributed by atoms with Crippen molar-refractivity contribution in [3.05, 3.63) is 45.6 Å². The molecule has 0 saturated heterocycles. The molecule has 0 fully saturated rings. The molecule has 0 aliphatic carbocycles. The molecule has 0 spiro atoms. The summed E-state index contributed by atoms with van der Waals surface area (Å²) >= 11 is 0. The van der Waals surface area contributed by atoms with Crippen LogP contribution in [-0.2, 0) is 17.8 Å². The smallest absolute Gasteiger partial charge is 0.323 e. The fourth-order valence-corrected chi connectivity index (χ4v) is 3.04. The molecule has 2 heterocycles. The molecule has 3 rings (SSSR count). The number of benzene rings is 1. The molecule has 1 amide bonds. The van der Waals surface area contributed by atoms with Crippen LogP contribution in [0.1, 0.15) is 29.8 Å². The molecule has 8 heteroatoms. The molecular formula is C18H20N6O2. The van der Waals surface area contributed by atoms with Crippen molar-refractivity contribution in [1.82, 2.24) is 19.7 Å². The second kappa shape index (κ2) is 7.27. The number of aryl methyl sites for hydroxylation is 2. The lowest BCUT2D eigenvalue weighted by Crippen LogP contribution is -2.12. The third kappa shape index (κ3) is 3.67. The van der Waals surface area contributed by atoms with Gasteiger partial charge in [0, 0.05) is 17.8 Å². The van der Waals surface area contributed by atoms with Crippen molar-refractivity contribution in [2.75, 3.05) is 5.32 Å². The Hall–Kier alpha value is -3.34. The lowest BCUT2D eigenvalue weighted by molar-refractivity contribution is -0.116. The number of hydrogen-bond donors (Lipinski definition) is 3. The Morgan fingerprint density at radius 3 is 2.85 bits per heavy atom. The van der Waals surface area contributed by atoms with Crippen LogP contribution >= 0.6 is 0 Å². The van der Waals surface area contributed by atoms with Gasteiger partial charge in [-0.3, -0.25) is 9.48 Å². The van der Waals surface area contributed by atoms with Gasteiger partial charge in [0.25, 0.3) is 0 Å². The summed E-state index contributed by atoms with van der Waals surface area (Å²) in [5.41, 5.74) is 4.64. The number of carbonyl (C=O) groups excluding carboxylic acids is 1. The summed E-state index contributed by atoms with van der Waals surface area (Å²) in [6, 6.07) is 7.34. The van der Waals surface area contributed by atoms with Gasteiger partial charge in [-0.15, -0.1) is 0 Å². The Labute approximate surface area is 149 Å². The standard InChI is InChI=1S/C18H20N6O2/c1-11-14(12(2)24(23-11)9-3-8-19)5-7-17(25)20-13-4-6-15-16(10-13)22-18(26)21-15/h4,6,10H,3,5,7,9H2,1-2H3,(H,20,25)(H2,21,22,26). The molecule has 0 bridgehead atoms. The Kier molecular flexibility index (Phi) is 4.89. The lowest BCUT2D eigenvalue weighted by atomic mass is 10.1. The molecule has 134 valence electrons. The fraction of sp³-hybridized carbons (Fsp3) is 0.333. The number of fused-ring (bicyclic) bond motifs is 1. The third-order valence-electron chi connectivity index (χ3n) is 4.37. The van der Waals surface area contributed by atoms with Crippen LogP contribution in [0, 0.1) is 25.2 Å². The van der Waals surface area contributed by atoms with Crippen LogP contribution in [0.4, 0.5) is 5.69 Å². The predicted octanol–water partition coefficient (Wildman–Crippen LogP) is 2.15. The van der Waals surface area contributed by atoms with E-state index in [0.717, 1.165) is 17.0 Å². The zero-order valence-corrected chi connectivity index (χ0v) is 14.7. The van der Waals surface area contributed by atoms with Crippen molar-refractivity contribution < 1.29 is 4.79 Å². The summed E-state index contributed by atoms with van der Waals surface area (Å²) in [6.45, 7) is 4.43. The molecule has 0 unspecified atom stereocenters. The van der Waals surface area contributed by atoms with E-state index in [1.807, 2.05) is 18.5 Å². The predicted molar refractivity (Wildman–Crippen MR) is 97.8 cm³/mol. The van der Waals surface area contributed by atoms with Crippen LogP contribution in [0.2, 0.25) is 0 Å². The van der Waals surface area contributed by atoms with E-state index in [9.17, 15) is 9.59 Å². The molecule has 2 aromatic heterocycles. The van der Waals surface area contributed by atoms with Crippen LogP contribution in [0.25, 0.3) is 11.0 Å². The number of rotatable bonds is 6. The first-order valence-electron chi connectivity index (χ1n) is 8.39. The van der Waals surface area contributed by atoms with Gasteiger partial charge in [-0.2, -0.15) is 10.4 Å². The van der Waals surface area contributed by atoms with Crippen LogP contribution in [-0.4, -0.2) is 25.7 Å². The largest absolute Gasteiger partial charge is 0.326 e. The second-order valence-corrected chi connectivity index (χ2v) is 6.17. The number of amides is 1. The quantitative estimate of drug-likeness (QED) is 0.629. The summed E-state index contributed by atoms with van der Waals surface area (Å²) in [6.07, 6.45) is 1.32. The number of aromatic amines is 2. The zero-order valence-electron chi connectivity index (χ0n) is 14.7. The van der Waals surface area contributed by atoms with E-state index in [1.54, 1.807) is 18.2 Å². The normalized spacial score (nSPS) is 10.8. The molecular weight excluding hydrogens is 332 g/mol. The molecule has 0 radical (unpaired) electrons. The molecule has 0 aliphatic rings. The Balaban J connectivity index is 1.64. The number of nitriles is 1. The van der Waals surface area contributed by atoms with E-state index in [2.05, 4.69) is 26.5 Å². The number of nitrogens with one attached hydrogen (secondary N) is 3. The van der Waals surface area contributed by atoms with Gasteiger partial charge in [-0.05, 0) is 44.0 Å². The van der Waals surface area contributed by atoms with Crippen molar-refractivity contribution in [3.63, 3.8) is 0 Å². The van der Waals surface area contributed by atoms with Gasteiger partial charge in [-0.1, -0.05) is 0 Å². The van der Waals surface area contributed by atoms with E-state index in [0.29, 0.717) is 42.5 Å². The fourth-order valence-electron chi connectivity index (χ4n) is 3.04. The first-order valence-corrected chi connectivity index (χ1v) is 8.39. The molecule has 0 saturated carbocycles. The maximum absolute atomic E-state index is 12.3. The molecule has 26 heavy (non-hydrogen) atoms. The molecule has 0 atom stereocenters. The number of aromatic nitrogens is 4. The van der Waals surface area contributed by atoms with Gasteiger partial charge in [0.05, 0.1) is 35.8 Å². The monoisotopic (exact) mass is 352 g/mol. The molecule has 8 nitrogen and oxygen atoms in total. The van der Waals surface area contributed by atoms with Crippen molar-refractivity contribution in [2.24, 2.45) is 0 Å². The summed E-state index contributed by atoms with van der Waals surface area (Å²) in [5, 5.41) is 16.0. The first-order chi connectivity index (χ1) is 12.5. The maximum Gasteiger partial charge on any atom is 0.323 e. The molecule has 1 aromatic carbocycles.